The van der Waals surface area contributed by atoms with Crippen LogP contribution in [0.2, 0.25) is 0 Å². The number of fused-ring (bicyclic) bond motifs is 1. The van der Waals surface area contributed by atoms with Crippen LogP contribution < -0.4 is 0 Å². The lowest BCUT2D eigenvalue weighted by Gasteiger charge is -1.92. The molecule has 1 N–H and O–H groups in total. The molecule has 2 heterocycles. The van der Waals surface area contributed by atoms with Gasteiger partial charge in [-0.1, -0.05) is 12.1 Å². The molecule has 2 aromatic heterocycles. The molecule has 0 fully saturated rings. The van der Waals surface area contributed by atoms with Crippen molar-refractivity contribution in [2.24, 2.45) is 0 Å². The van der Waals surface area contributed by atoms with E-state index in [-0.39, 0.29) is 10.5 Å². The van der Waals surface area contributed by atoms with Gasteiger partial charge in [-0.05, 0) is 30.7 Å². The predicted octanol–water partition coefficient (Wildman–Crippen LogP) is 4.31. The van der Waals surface area contributed by atoms with Crippen LogP contribution in [0.3, 0.4) is 0 Å². The van der Waals surface area contributed by atoms with Crippen molar-refractivity contribution in [2.45, 2.75) is 6.92 Å². The lowest BCUT2D eigenvalue weighted by molar-refractivity contribution is 0.0702. The molecule has 0 amide bonds. The molecule has 0 saturated heterocycles. The molecule has 3 nitrogen and oxygen atoms in total. The molecule has 19 heavy (non-hydrogen) atoms. The molecule has 5 heteroatoms. The number of hydrogen-bond acceptors (Lipinski definition) is 3. The van der Waals surface area contributed by atoms with Crippen LogP contribution in [0.1, 0.15) is 15.2 Å². The number of carboxylic acid groups (broad SMARTS) is 1. The van der Waals surface area contributed by atoms with Crippen molar-refractivity contribution >= 4 is 28.3 Å². The van der Waals surface area contributed by atoms with E-state index >= 15 is 0 Å². The Hall–Kier alpha value is -2.14. The molecular formula is C14H9FO3S. The number of rotatable bonds is 2. The van der Waals surface area contributed by atoms with Crippen molar-refractivity contribution in [1.82, 2.24) is 0 Å². The average Bonchev–Trinajstić information content (AvgIpc) is 2.93. The number of carbonyl (C=O) groups is 1. The Morgan fingerprint density at radius 2 is 2.16 bits per heavy atom. The van der Waals surface area contributed by atoms with E-state index in [2.05, 4.69) is 0 Å². The summed E-state index contributed by atoms with van der Waals surface area (Å²) in [6, 6.07) is 8.02. The second-order valence-electron chi connectivity index (χ2n) is 4.20. The Morgan fingerprint density at radius 3 is 2.79 bits per heavy atom. The Balaban J connectivity index is 2.19. The number of aromatic carboxylic acids is 1. The SMILES string of the molecule is Cc1cc(C(=O)O)sc1-c1cc2cccc(F)c2o1. The van der Waals surface area contributed by atoms with Gasteiger partial charge in [-0.3, -0.25) is 0 Å². The van der Waals surface area contributed by atoms with Crippen molar-refractivity contribution in [2.75, 3.05) is 0 Å². The maximum atomic E-state index is 13.6. The van der Waals surface area contributed by atoms with Crippen LogP contribution in [-0.4, -0.2) is 11.1 Å². The normalized spacial score (nSPS) is 11.1. The summed E-state index contributed by atoms with van der Waals surface area (Å²) in [5.74, 6) is -0.895. The van der Waals surface area contributed by atoms with Crippen LogP contribution in [0.25, 0.3) is 21.6 Å². The van der Waals surface area contributed by atoms with Crippen LogP contribution in [0.15, 0.2) is 34.7 Å². The summed E-state index contributed by atoms with van der Waals surface area (Å²) in [6.45, 7) is 1.81. The third-order valence-corrected chi connectivity index (χ3v) is 4.09. The highest BCUT2D eigenvalue weighted by Crippen LogP contribution is 2.36. The van der Waals surface area contributed by atoms with Crippen molar-refractivity contribution < 1.29 is 18.7 Å². The van der Waals surface area contributed by atoms with E-state index in [0.29, 0.717) is 16.0 Å². The third-order valence-electron chi connectivity index (χ3n) is 2.85. The van der Waals surface area contributed by atoms with Gasteiger partial charge in [0.2, 0.25) is 0 Å². The van der Waals surface area contributed by atoms with E-state index in [1.165, 1.54) is 6.07 Å². The van der Waals surface area contributed by atoms with Crippen LogP contribution in [0, 0.1) is 12.7 Å². The fourth-order valence-electron chi connectivity index (χ4n) is 1.97. The standard InChI is InChI=1S/C14H9FO3S/c1-7-5-11(14(16)17)19-13(7)10-6-8-3-2-4-9(15)12(8)18-10/h2-6H,1H3,(H,16,17). The highest BCUT2D eigenvalue weighted by molar-refractivity contribution is 7.17. The minimum Gasteiger partial charge on any atom is -0.477 e. The molecule has 0 radical (unpaired) electrons. The second-order valence-corrected chi connectivity index (χ2v) is 5.25. The minimum absolute atomic E-state index is 0.196. The molecule has 0 saturated carbocycles. The van der Waals surface area contributed by atoms with Gasteiger partial charge in [0.25, 0.3) is 0 Å². The first-order valence-corrected chi connectivity index (χ1v) is 6.40. The molecule has 3 rings (SSSR count). The topological polar surface area (TPSA) is 50.4 Å². The van der Waals surface area contributed by atoms with Gasteiger partial charge in [-0.25, -0.2) is 9.18 Å². The van der Waals surface area contributed by atoms with Gasteiger partial charge in [-0.15, -0.1) is 11.3 Å². The smallest absolute Gasteiger partial charge is 0.345 e. The number of carboxylic acids is 1. The molecule has 0 aliphatic heterocycles. The maximum Gasteiger partial charge on any atom is 0.345 e. The van der Waals surface area contributed by atoms with E-state index in [0.717, 1.165) is 16.9 Å². The van der Waals surface area contributed by atoms with Crippen molar-refractivity contribution in [1.29, 1.82) is 0 Å². The molecule has 0 aliphatic carbocycles. The molecule has 0 unspecified atom stereocenters. The number of halogens is 1. The number of hydrogen-bond donors (Lipinski definition) is 1. The van der Waals surface area contributed by atoms with Gasteiger partial charge in [0.05, 0.1) is 4.88 Å². The Labute approximate surface area is 111 Å². The number of benzene rings is 1. The summed E-state index contributed by atoms with van der Waals surface area (Å²) >= 11 is 1.13. The highest BCUT2D eigenvalue weighted by atomic mass is 32.1. The Morgan fingerprint density at radius 1 is 1.37 bits per heavy atom. The molecule has 1 aromatic carbocycles. The molecule has 0 bridgehead atoms. The van der Waals surface area contributed by atoms with Gasteiger partial charge in [0.1, 0.15) is 10.6 Å². The molecule has 0 atom stereocenters. The second kappa shape index (κ2) is 4.20. The lowest BCUT2D eigenvalue weighted by atomic mass is 10.2. The summed E-state index contributed by atoms with van der Waals surface area (Å²) in [5.41, 5.74) is 1.00. The summed E-state index contributed by atoms with van der Waals surface area (Å²) in [6.07, 6.45) is 0. The van der Waals surface area contributed by atoms with Crippen LogP contribution >= 0.6 is 11.3 Å². The molecule has 0 spiro atoms. The van der Waals surface area contributed by atoms with Crippen molar-refractivity contribution in [3.05, 3.63) is 46.6 Å². The quantitative estimate of drug-likeness (QED) is 0.758. The van der Waals surface area contributed by atoms with Gasteiger partial charge in [0.15, 0.2) is 11.4 Å². The fraction of sp³-hybridized carbons (Fsp3) is 0.0714. The van der Waals surface area contributed by atoms with Crippen LogP contribution in [0.4, 0.5) is 4.39 Å². The molecular weight excluding hydrogens is 267 g/mol. The zero-order chi connectivity index (χ0) is 13.6. The van der Waals surface area contributed by atoms with E-state index in [4.69, 9.17) is 9.52 Å². The number of furan rings is 1. The van der Waals surface area contributed by atoms with Crippen molar-refractivity contribution in [3.63, 3.8) is 0 Å². The first kappa shape index (κ1) is 11.9. The number of para-hydroxylation sites is 1. The third kappa shape index (κ3) is 1.92. The monoisotopic (exact) mass is 276 g/mol. The average molecular weight is 276 g/mol. The molecule has 96 valence electrons. The fourth-order valence-corrected chi connectivity index (χ4v) is 2.94. The zero-order valence-electron chi connectivity index (χ0n) is 9.94. The zero-order valence-corrected chi connectivity index (χ0v) is 10.8. The minimum atomic E-state index is -0.971. The van der Waals surface area contributed by atoms with E-state index in [1.807, 2.05) is 6.92 Å². The highest BCUT2D eigenvalue weighted by Gasteiger charge is 2.16. The van der Waals surface area contributed by atoms with E-state index in [9.17, 15) is 9.18 Å². The van der Waals surface area contributed by atoms with Crippen LogP contribution in [-0.2, 0) is 0 Å². The van der Waals surface area contributed by atoms with E-state index < -0.39 is 11.8 Å². The Bertz CT molecular complexity index is 785. The van der Waals surface area contributed by atoms with Crippen molar-refractivity contribution in [3.8, 4) is 10.6 Å². The van der Waals surface area contributed by atoms with Gasteiger partial charge in [0, 0.05) is 5.39 Å². The Kier molecular flexibility index (Phi) is 2.64. The summed E-state index contributed by atoms with van der Waals surface area (Å²) in [7, 11) is 0. The first-order valence-electron chi connectivity index (χ1n) is 5.58. The van der Waals surface area contributed by atoms with E-state index in [1.54, 1.807) is 24.3 Å². The lowest BCUT2D eigenvalue weighted by Crippen LogP contribution is -1.89. The molecule has 0 aliphatic rings. The number of aryl methyl sites for hydroxylation is 1. The van der Waals surface area contributed by atoms with Gasteiger partial charge < -0.3 is 9.52 Å². The summed E-state index contributed by atoms with van der Waals surface area (Å²) < 4.78 is 19.1. The summed E-state index contributed by atoms with van der Waals surface area (Å²) in [4.78, 5) is 11.9. The predicted molar refractivity (Wildman–Crippen MR) is 71.2 cm³/mol. The summed E-state index contributed by atoms with van der Waals surface area (Å²) in [5, 5.41) is 9.64. The van der Waals surface area contributed by atoms with Gasteiger partial charge in [-0.2, -0.15) is 0 Å². The molecule has 3 aromatic rings. The largest absolute Gasteiger partial charge is 0.477 e. The first-order chi connectivity index (χ1) is 9.06. The van der Waals surface area contributed by atoms with Crippen LogP contribution in [0.5, 0.6) is 0 Å². The van der Waals surface area contributed by atoms with Gasteiger partial charge >= 0.3 is 5.97 Å². The number of thiophene rings is 1. The maximum absolute atomic E-state index is 13.6.